The van der Waals surface area contributed by atoms with Gasteiger partial charge in [-0.25, -0.2) is 4.79 Å². The van der Waals surface area contributed by atoms with E-state index in [0.29, 0.717) is 12.8 Å². The molecule has 0 saturated carbocycles. The van der Waals surface area contributed by atoms with Gasteiger partial charge in [0.25, 0.3) is 0 Å². The molecule has 0 fully saturated rings. The van der Waals surface area contributed by atoms with E-state index >= 15 is 0 Å². The van der Waals surface area contributed by atoms with Crippen molar-refractivity contribution in [1.82, 2.24) is 5.32 Å². The Morgan fingerprint density at radius 1 is 1.32 bits per heavy atom. The van der Waals surface area contributed by atoms with Gasteiger partial charge in [-0.05, 0) is 18.4 Å². The van der Waals surface area contributed by atoms with Crippen LogP contribution in [0.4, 0.5) is 4.79 Å². The first-order valence-corrected chi connectivity index (χ1v) is 6.02. The van der Waals surface area contributed by atoms with Gasteiger partial charge in [0.1, 0.15) is 6.61 Å². The maximum Gasteiger partial charge on any atom is 0.408 e. The van der Waals surface area contributed by atoms with Gasteiger partial charge in [-0.1, -0.05) is 30.3 Å². The molecule has 6 nitrogen and oxygen atoms in total. The molecule has 1 aromatic rings. The molecule has 0 saturated heterocycles. The fourth-order valence-corrected chi connectivity index (χ4v) is 1.46. The number of benzene rings is 1. The van der Waals surface area contributed by atoms with Crippen molar-refractivity contribution in [3.05, 3.63) is 35.9 Å². The quantitative estimate of drug-likeness (QED) is 0.648. The minimum absolute atomic E-state index is 0.0362. The Hall–Kier alpha value is -2.08. The first-order chi connectivity index (χ1) is 9.08. The van der Waals surface area contributed by atoms with Crippen LogP contribution in [0.2, 0.25) is 0 Å². The fraction of sp³-hybridized carbons (Fsp3) is 0.385. The predicted molar refractivity (Wildman–Crippen MR) is 69.2 cm³/mol. The highest BCUT2D eigenvalue weighted by Gasteiger charge is 2.09. The number of hydrogen-bond acceptors (Lipinski definition) is 4. The van der Waals surface area contributed by atoms with E-state index in [0.717, 1.165) is 5.56 Å². The number of ether oxygens (including phenoxy) is 1. The molecule has 0 aliphatic rings. The van der Waals surface area contributed by atoms with Crippen LogP contribution in [0.5, 0.6) is 0 Å². The van der Waals surface area contributed by atoms with E-state index in [4.69, 9.17) is 15.6 Å². The molecule has 0 heterocycles. The number of carbonyl (C=O) groups is 2. The molecule has 0 aliphatic heterocycles. The van der Waals surface area contributed by atoms with Gasteiger partial charge >= 0.3 is 12.1 Å². The SMILES string of the molecule is NC(CCCC(=O)O)NC(=O)OCc1ccccc1. The monoisotopic (exact) mass is 266 g/mol. The second-order valence-electron chi connectivity index (χ2n) is 4.10. The standard InChI is InChI=1S/C13H18N2O4/c14-11(7-4-8-12(16)17)15-13(18)19-9-10-5-2-1-3-6-10/h1-3,5-6,11H,4,7-9,14H2,(H,15,18)(H,16,17). The average molecular weight is 266 g/mol. The summed E-state index contributed by atoms with van der Waals surface area (Å²) in [4.78, 5) is 21.7. The van der Waals surface area contributed by atoms with Crippen LogP contribution in [-0.2, 0) is 16.1 Å². The lowest BCUT2D eigenvalue weighted by molar-refractivity contribution is -0.137. The molecule has 104 valence electrons. The largest absolute Gasteiger partial charge is 0.481 e. The summed E-state index contributed by atoms with van der Waals surface area (Å²) in [5.74, 6) is -0.876. The number of nitrogens with one attached hydrogen (secondary N) is 1. The van der Waals surface area contributed by atoms with Gasteiger partial charge in [-0.3, -0.25) is 4.79 Å². The van der Waals surface area contributed by atoms with Crippen molar-refractivity contribution in [2.75, 3.05) is 0 Å². The number of carbonyl (C=O) groups excluding carboxylic acids is 1. The summed E-state index contributed by atoms with van der Waals surface area (Å²) in [5, 5.41) is 10.9. The topological polar surface area (TPSA) is 102 Å². The van der Waals surface area contributed by atoms with Crippen molar-refractivity contribution < 1.29 is 19.4 Å². The van der Waals surface area contributed by atoms with Crippen molar-refractivity contribution in [3.63, 3.8) is 0 Å². The molecular formula is C13H18N2O4. The zero-order chi connectivity index (χ0) is 14.1. The van der Waals surface area contributed by atoms with Crippen molar-refractivity contribution in [2.45, 2.75) is 32.0 Å². The number of nitrogens with two attached hydrogens (primary N) is 1. The summed E-state index contributed by atoms with van der Waals surface area (Å²) in [6.07, 6.45) is -0.356. The Balaban J connectivity index is 2.18. The van der Waals surface area contributed by atoms with E-state index in [1.165, 1.54) is 0 Å². The maximum atomic E-state index is 11.4. The fourth-order valence-electron chi connectivity index (χ4n) is 1.46. The van der Waals surface area contributed by atoms with Gasteiger partial charge in [-0.15, -0.1) is 0 Å². The second-order valence-corrected chi connectivity index (χ2v) is 4.10. The van der Waals surface area contributed by atoms with E-state index in [-0.39, 0.29) is 13.0 Å². The molecule has 1 amide bonds. The molecule has 1 atom stereocenters. The van der Waals surface area contributed by atoms with Crippen LogP contribution in [-0.4, -0.2) is 23.3 Å². The summed E-state index contributed by atoms with van der Waals surface area (Å²) in [5.41, 5.74) is 6.51. The Morgan fingerprint density at radius 3 is 2.63 bits per heavy atom. The van der Waals surface area contributed by atoms with Crippen molar-refractivity contribution in [1.29, 1.82) is 0 Å². The van der Waals surface area contributed by atoms with Crippen molar-refractivity contribution in [2.24, 2.45) is 5.73 Å². The third-order valence-corrected chi connectivity index (χ3v) is 2.42. The first-order valence-electron chi connectivity index (χ1n) is 6.02. The lowest BCUT2D eigenvalue weighted by atomic mass is 10.2. The van der Waals surface area contributed by atoms with Crippen molar-refractivity contribution >= 4 is 12.1 Å². The summed E-state index contributed by atoms with van der Waals surface area (Å²) in [7, 11) is 0. The number of carboxylic acid groups (broad SMARTS) is 1. The smallest absolute Gasteiger partial charge is 0.408 e. The van der Waals surface area contributed by atoms with Crippen LogP contribution < -0.4 is 11.1 Å². The number of rotatable bonds is 7. The summed E-state index contributed by atoms with van der Waals surface area (Å²) in [6.45, 7) is 0.175. The number of aliphatic carboxylic acids is 1. The second kappa shape index (κ2) is 8.10. The highest BCUT2D eigenvalue weighted by Crippen LogP contribution is 2.01. The molecule has 0 aliphatic carbocycles. The Labute approximate surface area is 111 Å². The number of carboxylic acids is 1. The van der Waals surface area contributed by atoms with E-state index in [1.54, 1.807) is 0 Å². The normalized spacial score (nSPS) is 11.6. The molecule has 1 unspecified atom stereocenters. The molecule has 1 aromatic carbocycles. The molecule has 0 aromatic heterocycles. The van der Waals surface area contributed by atoms with E-state index in [9.17, 15) is 9.59 Å². The van der Waals surface area contributed by atoms with Gasteiger partial charge < -0.3 is 20.9 Å². The number of alkyl carbamates (subject to hydrolysis) is 1. The number of amides is 1. The molecule has 6 heteroatoms. The van der Waals surface area contributed by atoms with Gasteiger partial charge in [-0.2, -0.15) is 0 Å². The third kappa shape index (κ3) is 7.05. The molecule has 1 rings (SSSR count). The minimum atomic E-state index is -0.876. The lowest BCUT2D eigenvalue weighted by Gasteiger charge is -2.13. The highest BCUT2D eigenvalue weighted by atomic mass is 16.5. The summed E-state index contributed by atoms with van der Waals surface area (Å²) >= 11 is 0. The van der Waals surface area contributed by atoms with Gasteiger partial charge in [0.15, 0.2) is 0 Å². The number of hydrogen-bond donors (Lipinski definition) is 3. The minimum Gasteiger partial charge on any atom is -0.481 e. The van der Waals surface area contributed by atoms with Crippen LogP contribution >= 0.6 is 0 Å². The summed E-state index contributed by atoms with van der Waals surface area (Å²) in [6, 6.07) is 9.28. The Kier molecular flexibility index (Phi) is 6.38. The molecule has 4 N–H and O–H groups in total. The molecule has 0 bridgehead atoms. The predicted octanol–water partition coefficient (Wildman–Crippen LogP) is 1.45. The van der Waals surface area contributed by atoms with Gasteiger partial charge in [0.2, 0.25) is 0 Å². The molecular weight excluding hydrogens is 248 g/mol. The molecule has 0 spiro atoms. The van der Waals surface area contributed by atoms with Gasteiger partial charge in [0.05, 0.1) is 6.17 Å². The van der Waals surface area contributed by atoms with E-state index in [1.807, 2.05) is 30.3 Å². The van der Waals surface area contributed by atoms with Gasteiger partial charge in [0, 0.05) is 6.42 Å². The van der Waals surface area contributed by atoms with Crippen LogP contribution in [0.3, 0.4) is 0 Å². The Morgan fingerprint density at radius 2 is 2.00 bits per heavy atom. The van der Waals surface area contributed by atoms with Crippen molar-refractivity contribution in [3.8, 4) is 0 Å². The Bertz CT molecular complexity index is 408. The summed E-state index contributed by atoms with van der Waals surface area (Å²) < 4.78 is 4.98. The first kappa shape index (κ1) is 15.0. The lowest BCUT2D eigenvalue weighted by Crippen LogP contribution is -2.41. The van der Waals surface area contributed by atoms with Crippen LogP contribution in [0.25, 0.3) is 0 Å². The van der Waals surface area contributed by atoms with E-state index in [2.05, 4.69) is 5.32 Å². The molecule has 19 heavy (non-hydrogen) atoms. The average Bonchev–Trinajstić information content (AvgIpc) is 2.37. The van der Waals surface area contributed by atoms with Crippen LogP contribution in [0.15, 0.2) is 30.3 Å². The van der Waals surface area contributed by atoms with Crippen LogP contribution in [0, 0.1) is 0 Å². The zero-order valence-corrected chi connectivity index (χ0v) is 10.5. The maximum absolute atomic E-state index is 11.4. The van der Waals surface area contributed by atoms with E-state index < -0.39 is 18.2 Å². The zero-order valence-electron chi connectivity index (χ0n) is 10.5. The molecule has 0 radical (unpaired) electrons. The third-order valence-electron chi connectivity index (χ3n) is 2.42. The van der Waals surface area contributed by atoms with Crippen LogP contribution in [0.1, 0.15) is 24.8 Å². The highest BCUT2D eigenvalue weighted by molar-refractivity contribution is 5.67.